The smallest absolute Gasteiger partial charge is 0.251 e. The van der Waals surface area contributed by atoms with Gasteiger partial charge in [0, 0.05) is 61.0 Å². The van der Waals surface area contributed by atoms with Crippen molar-refractivity contribution >= 4 is 51.3 Å². The van der Waals surface area contributed by atoms with Gasteiger partial charge in [0.2, 0.25) is 11.8 Å². The highest BCUT2D eigenvalue weighted by atomic mass is 35.5. The quantitative estimate of drug-likeness (QED) is 0.289. The second-order valence-corrected chi connectivity index (χ2v) is 13.0. The van der Waals surface area contributed by atoms with Gasteiger partial charge in [-0.25, -0.2) is 0 Å². The number of piperidine rings is 1. The molecule has 2 aromatic rings. The first kappa shape index (κ1) is 30.3. The van der Waals surface area contributed by atoms with Crippen molar-refractivity contribution in [2.75, 3.05) is 61.1 Å². The van der Waals surface area contributed by atoms with E-state index in [-0.39, 0.29) is 30.7 Å². The molecule has 0 spiro atoms. The number of carbonyl (C=O) groups is 3. The Morgan fingerprint density at radius 1 is 1.00 bits per heavy atom. The van der Waals surface area contributed by atoms with Gasteiger partial charge in [0.05, 0.1) is 30.8 Å². The van der Waals surface area contributed by atoms with E-state index in [4.69, 9.17) is 16.3 Å². The Morgan fingerprint density at radius 3 is 2.38 bits per heavy atom. The molecule has 218 valence electrons. The fourth-order valence-corrected chi connectivity index (χ4v) is 6.10. The van der Waals surface area contributed by atoms with Crippen LogP contribution in [0.2, 0.25) is 5.02 Å². The lowest BCUT2D eigenvalue weighted by atomic mass is 10.1. The summed E-state index contributed by atoms with van der Waals surface area (Å²) in [5, 5.41) is 6.29. The number of hydrogen-bond acceptors (Lipinski definition) is 7. The maximum Gasteiger partial charge on any atom is 0.251 e. The maximum absolute atomic E-state index is 13.1. The topological polar surface area (TPSA) is 131 Å². The van der Waals surface area contributed by atoms with Gasteiger partial charge in [0.25, 0.3) is 5.91 Å². The summed E-state index contributed by atoms with van der Waals surface area (Å²) in [5.41, 5.74) is 1.78. The molecule has 0 bridgehead atoms. The molecule has 1 atom stereocenters. The fourth-order valence-electron chi connectivity index (χ4n) is 4.67. The Labute approximate surface area is 241 Å². The molecule has 10 nitrogen and oxygen atoms in total. The minimum atomic E-state index is -2.45. The molecule has 0 saturated carbocycles. The summed E-state index contributed by atoms with van der Waals surface area (Å²) in [5.74, 6) is 0.190. The summed E-state index contributed by atoms with van der Waals surface area (Å²) in [4.78, 5) is 41.9. The lowest BCUT2D eigenvalue weighted by molar-refractivity contribution is -0.119. The number of nitrogens with one attached hydrogen (secondary N) is 2. The van der Waals surface area contributed by atoms with E-state index >= 15 is 0 Å². The molecule has 40 heavy (non-hydrogen) atoms. The average Bonchev–Trinajstić information content (AvgIpc) is 2.93. The Balaban J connectivity index is 1.33. The molecule has 2 aromatic carbocycles. The van der Waals surface area contributed by atoms with Crippen LogP contribution >= 0.6 is 22.2 Å². The first-order valence-electron chi connectivity index (χ1n) is 13.5. The van der Waals surface area contributed by atoms with Crippen molar-refractivity contribution in [2.45, 2.75) is 31.7 Å². The number of hydrogen-bond donors (Lipinski definition) is 4. The minimum Gasteiger partial charge on any atom is -0.378 e. The van der Waals surface area contributed by atoms with Crippen LogP contribution in [0.3, 0.4) is 0 Å². The highest BCUT2D eigenvalue weighted by molar-refractivity contribution is 8.24. The molecule has 0 radical (unpaired) electrons. The van der Waals surface area contributed by atoms with Crippen LogP contribution < -0.4 is 15.5 Å². The molecule has 2 aliphatic rings. The van der Waals surface area contributed by atoms with Crippen molar-refractivity contribution in [2.24, 2.45) is 0 Å². The van der Waals surface area contributed by atoms with Gasteiger partial charge in [-0.15, -0.1) is 0 Å². The zero-order valence-corrected chi connectivity index (χ0v) is 24.0. The maximum atomic E-state index is 13.1. The predicted octanol–water partition coefficient (Wildman–Crippen LogP) is 4.07. The summed E-state index contributed by atoms with van der Waals surface area (Å²) in [6.07, 6.45) is 2.38. The third kappa shape index (κ3) is 9.18. The normalized spacial score (nSPS) is 19.1. The van der Waals surface area contributed by atoms with Crippen LogP contribution in [-0.2, 0) is 14.3 Å². The number of carbonyl (C=O) groups excluding carboxylic acids is 3. The van der Waals surface area contributed by atoms with E-state index in [0.717, 1.165) is 18.5 Å². The van der Waals surface area contributed by atoms with Gasteiger partial charge in [-0.3, -0.25) is 28.4 Å². The fraction of sp³-hybridized carbons (Fsp3) is 0.464. The number of rotatable bonds is 11. The van der Waals surface area contributed by atoms with Gasteiger partial charge in [0.15, 0.2) is 0 Å². The average molecular weight is 593 g/mol. The summed E-state index contributed by atoms with van der Waals surface area (Å²) < 4.78 is 25.4. The van der Waals surface area contributed by atoms with Crippen molar-refractivity contribution in [3.05, 3.63) is 59.1 Å². The van der Waals surface area contributed by atoms with Gasteiger partial charge < -0.3 is 20.3 Å². The molecule has 0 aromatic heterocycles. The first-order valence-corrected chi connectivity index (χ1v) is 15.8. The lowest BCUT2D eigenvalue weighted by Crippen LogP contribution is -2.42. The SMILES string of the molecule is O=C(CC(COCCN1CCS(O)(O)CC1)NC(=O)c1ccc(N2CCCCC2=O)cc1)Nc1ccc(Cl)cc1. The molecule has 2 heterocycles. The van der Waals surface area contributed by atoms with E-state index in [9.17, 15) is 23.5 Å². The summed E-state index contributed by atoms with van der Waals surface area (Å²) in [6.45, 7) is 2.98. The van der Waals surface area contributed by atoms with E-state index in [2.05, 4.69) is 15.5 Å². The van der Waals surface area contributed by atoms with E-state index in [0.29, 0.717) is 67.0 Å². The van der Waals surface area contributed by atoms with E-state index in [1.807, 2.05) is 0 Å². The molecular formula is C28H37ClN4O6S. The molecule has 3 amide bonds. The molecule has 2 fully saturated rings. The Morgan fingerprint density at radius 2 is 1.70 bits per heavy atom. The minimum absolute atomic E-state index is 0.000646. The number of ether oxygens (including phenoxy) is 1. The summed E-state index contributed by atoms with van der Waals surface area (Å²) >= 11 is 5.93. The molecule has 4 rings (SSSR count). The Kier molecular flexibility index (Phi) is 10.8. The monoisotopic (exact) mass is 592 g/mol. The molecule has 0 aliphatic carbocycles. The highest BCUT2D eigenvalue weighted by Crippen LogP contribution is 2.40. The molecule has 2 saturated heterocycles. The number of halogens is 1. The van der Waals surface area contributed by atoms with E-state index in [1.54, 1.807) is 53.4 Å². The van der Waals surface area contributed by atoms with Crippen LogP contribution in [0.5, 0.6) is 0 Å². The third-order valence-electron chi connectivity index (χ3n) is 7.00. The summed E-state index contributed by atoms with van der Waals surface area (Å²) in [7, 11) is -2.45. The lowest BCUT2D eigenvalue weighted by Gasteiger charge is -2.40. The van der Waals surface area contributed by atoms with E-state index < -0.39 is 16.6 Å². The van der Waals surface area contributed by atoms with Gasteiger partial charge in [-0.1, -0.05) is 11.6 Å². The number of benzene rings is 2. The number of amides is 3. The molecule has 1 unspecified atom stereocenters. The Bertz CT molecular complexity index is 1150. The van der Waals surface area contributed by atoms with Gasteiger partial charge in [-0.2, -0.15) is 10.6 Å². The van der Waals surface area contributed by atoms with Crippen molar-refractivity contribution in [1.29, 1.82) is 0 Å². The van der Waals surface area contributed by atoms with E-state index in [1.165, 1.54) is 0 Å². The second-order valence-electron chi connectivity index (χ2n) is 10.1. The second kappa shape index (κ2) is 14.3. The van der Waals surface area contributed by atoms with Crippen molar-refractivity contribution < 1.29 is 28.2 Å². The van der Waals surface area contributed by atoms with Crippen LogP contribution in [0.1, 0.15) is 36.0 Å². The van der Waals surface area contributed by atoms with Gasteiger partial charge >= 0.3 is 0 Å². The molecule has 12 heteroatoms. The number of nitrogens with zero attached hydrogens (tertiary/aromatic N) is 2. The van der Waals surface area contributed by atoms with Crippen molar-refractivity contribution in [3.63, 3.8) is 0 Å². The first-order chi connectivity index (χ1) is 19.2. The van der Waals surface area contributed by atoms with Crippen LogP contribution in [0.15, 0.2) is 48.5 Å². The highest BCUT2D eigenvalue weighted by Gasteiger charge is 2.23. The van der Waals surface area contributed by atoms with Gasteiger partial charge in [0.1, 0.15) is 0 Å². The van der Waals surface area contributed by atoms with Crippen LogP contribution in [-0.4, -0.2) is 88.7 Å². The molecule has 2 aliphatic heterocycles. The predicted molar refractivity (Wildman–Crippen MR) is 158 cm³/mol. The van der Waals surface area contributed by atoms with Crippen LogP contribution in [0.25, 0.3) is 0 Å². The standard InChI is InChI=1S/C28H37ClN4O6S/c29-22-6-8-23(9-7-22)30-26(34)19-24(20-39-16-13-32-14-17-40(37,38)18-15-32)31-28(36)21-4-10-25(11-5-21)33-12-2-1-3-27(33)35/h4-11,24,37-38H,1-3,12-20H2,(H,30,34)(H,31,36). The molecular weight excluding hydrogens is 556 g/mol. The van der Waals surface area contributed by atoms with Crippen molar-refractivity contribution in [1.82, 2.24) is 10.2 Å². The largest absolute Gasteiger partial charge is 0.378 e. The van der Waals surface area contributed by atoms with Crippen LogP contribution in [0, 0.1) is 0 Å². The van der Waals surface area contributed by atoms with Gasteiger partial charge in [-0.05, 0) is 61.4 Å². The zero-order chi connectivity index (χ0) is 28.5. The Hall–Kier alpha value is -2.67. The van der Waals surface area contributed by atoms with Crippen LogP contribution in [0.4, 0.5) is 11.4 Å². The third-order valence-corrected chi connectivity index (χ3v) is 8.92. The molecule has 4 N–H and O–H groups in total. The zero-order valence-electron chi connectivity index (χ0n) is 22.4. The number of anilines is 2. The van der Waals surface area contributed by atoms with Crippen molar-refractivity contribution in [3.8, 4) is 0 Å². The summed E-state index contributed by atoms with van der Waals surface area (Å²) in [6, 6.07) is 13.1.